The molecule has 0 amide bonds. The van der Waals surface area contributed by atoms with E-state index in [1.54, 1.807) is 24.4 Å². The molecule has 1 aromatic carbocycles. The minimum atomic E-state index is -4.02. The van der Waals surface area contributed by atoms with Gasteiger partial charge in [0.05, 0.1) is 0 Å². The summed E-state index contributed by atoms with van der Waals surface area (Å²) < 4.78 is 28.2. The van der Waals surface area contributed by atoms with Gasteiger partial charge in [-0.05, 0) is 35.5 Å². The lowest BCUT2D eigenvalue weighted by Gasteiger charge is -2.01. The molecule has 0 radical (unpaired) electrons. The number of halogens is 1. The van der Waals surface area contributed by atoms with Gasteiger partial charge in [0.15, 0.2) is 6.20 Å². The maximum atomic E-state index is 11.8. The lowest BCUT2D eigenvalue weighted by Crippen LogP contribution is -2.24. The Morgan fingerprint density at radius 2 is 1.90 bits per heavy atom. The van der Waals surface area contributed by atoms with Gasteiger partial charge >= 0.3 is 10.1 Å². The van der Waals surface area contributed by atoms with Crippen molar-refractivity contribution in [2.75, 3.05) is 0 Å². The average molecular weight is 313 g/mol. The number of nitrogens with one attached hydrogen (secondary N) is 1. The highest BCUT2D eigenvalue weighted by molar-refractivity contribution is 7.86. The van der Waals surface area contributed by atoms with E-state index in [0.29, 0.717) is 10.7 Å². The Morgan fingerprint density at radius 3 is 2.50 bits per heavy atom. The molecule has 0 aliphatic rings. The van der Waals surface area contributed by atoms with Crippen LogP contribution in [0, 0.1) is 0 Å². The third-order valence-electron chi connectivity index (χ3n) is 2.32. The van der Waals surface area contributed by atoms with Crippen LogP contribution in [0.15, 0.2) is 58.7 Å². The van der Waals surface area contributed by atoms with Crippen molar-refractivity contribution in [3.8, 4) is 0 Å². The van der Waals surface area contributed by atoms with Gasteiger partial charge in [-0.3, -0.25) is 4.28 Å². The molecule has 0 spiro atoms. The van der Waals surface area contributed by atoms with Crippen molar-refractivity contribution >= 4 is 27.6 Å². The maximum absolute atomic E-state index is 11.8. The van der Waals surface area contributed by atoms with Crippen LogP contribution in [0.5, 0.6) is 0 Å². The van der Waals surface area contributed by atoms with Gasteiger partial charge in [-0.1, -0.05) is 11.6 Å². The molecule has 8 heteroatoms. The van der Waals surface area contributed by atoms with Crippen LogP contribution in [0.2, 0.25) is 5.02 Å². The summed E-state index contributed by atoms with van der Waals surface area (Å²) in [4.78, 5) is 2.74. The summed E-state index contributed by atoms with van der Waals surface area (Å²) in [5.74, 6) is -0.0804. The molecule has 20 heavy (non-hydrogen) atoms. The summed E-state index contributed by atoms with van der Waals surface area (Å²) in [5, 5.41) is 3.83. The van der Waals surface area contributed by atoms with Crippen LogP contribution in [0.4, 0.5) is 0 Å². The molecule has 0 aliphatic carbocycles. The molecule has 6 nitrogen and oxygen atoms in total. The van der Waals surface area contributed by atoms with E-state index in [0.717, 1.165) is 0 Å². The SMILES string of the molecule is NC(=NOS(=O)(=O)c1ccc(Cl)cc1)c1cccc[nH+]1. The Labute approximate surface area is 121 Å². The number of rotatable bonds is 4. The van der Waals surface area contributed by atoms with E-state index in [1.807, 2.05) is 0 Å². The number of H-pyrrole nitrogens is 1. The summed E-state index contributed by atoms with van der Waals surface area (Å²) in [6.07, 6.45) is 1.63. The molecular formula is C12H11ClN3O3S+. The first-order valence-corrected chi connectivity index (χ1v) is 7.27. The number of nitrogens with zero attached hydrogens (tertiary/aromatic N) is 1. The Kier molecular flexibility index (Phi) is 4.21. The van der Waals surface area contributed by atoms with Crippen molar-refractivity contribution < 1.29 is 17.7 Å². The third kappa shape index (κ3) is 3.46. The molecule has 1 heterocycles. The summed E-state index contributed by atoms with van der Waals surface area (Å²) in [6.45, 7) is 0. The van der Waals surface area contributed by atoms with Crippen LogP contribution in [0.3, 0.4) is 0 Å². The zero-order valence-electron chi connectivity index (χ0n) is 10.2. The fourth-order valence-corrected chi connectivity index (χ4v) is 2.20. The fourth-order valence-electron chi connectivity index (χ4n) is 1.34. The van der Waals surface area contributed by atoms with Gasteiger partial charge in [-0.25, -0.2) is 4.98 Å². The van der Waals surface area contributed by atoms with Crippen LogP contribution >= 0.6 is 11.6 Å². The van der Waals surface area contributed by atoms with Crippen LogP contribution in [0.25, 0.3) is 0 Å². The van der Waals surface area contributed by atoms with Gasteiger partial charge in [0, 0.05) is 17.2 Å². The lowest BCUT2D eigenvalue weighted by molar-refractivity contribution is -0.380. The van der Waals surface area contributed by atoms with E-state index >= 15 is 0 Å². The Bertz CT molecular complexity index is 715. The number of hydrogen-bond donors (Lipinski definition) is 1. The zero-order chi connectivity index (χ0) is 14.6. The van der Waals surface area contributed by atoms with E-state index in [1.165, 1.54) is 24.3 Å². The maximum Gasteiger partial charge on any atom is 0.358 e. The molecular weight excluding hydrogens is 302 g/mol. The number of amidine groups is 1. The van der Waals surface area contributed by atoms with Crippen molar-refractivity contribution in [1.82, 2.24) is 0 Å². The van der Waals surface area contributed by atoms with Crippen LogP contribution in [0.1, 0.15) is 5.69 Å². The Hall–Kier alpha value is -2.12. The van der Waals surface area contributed by atoms with Crippen LogP contribution in [-0.4, -0.2) is 14.3 Å². The predicted octanol–water partition coefficient (Wildman–Crippen LogP) is 1.18. The first-order chi connectivity index (χ1) is 9.49. The summed E-state index contributed by atoms with van der Waals surface area (Å²) in [7, 11) is -4.02. The molecule has 3 N–H and O–H groups in total. The normalized spacial score (nSPS) is 12.2. The van der Waals surface area contributed by atoms with Gasteiger partial charge < -0.3 is 5.73 Å². The summed E-state index contributed by atoms with van der Waals surface area (Å²) >= 11 is 5.68. The highest BCUT2D eigenvalue weighted by atomic mass is 35.5. The van der Waals surface area contributed by atoms with Crippen LogP contribution in [-0.2, 0) is 14.4 Å². The second kappa shape index (κ2) is 5.89. The van der Waals surface area contributed by atoms with Gasteiger partial charge in [0.2, 0.25) is 11.5 Å². The van der Waals surface area contributed by atoms with E-state index < -0.39 is 10.1 Å². The standard InChI is InChI=1S/C12H10ClN3O3S/c13-9-4-6-10(7-5-9)20(17,18)19-16-12(14)11-3-1-2-8-15-11/h1-8H,(H2,14,16)/p+1. The number of pyridine rings is 1. The van der Waals surface area contributed by atoms with Crippen LogP contribution < -0.4 is 10.7 Å². The molecule has 0 unspecified atom stereocenters. The summed E-state index contributed by atoms with van der Waals surface area (Å²) in [5.41, 5.74) is 6.06. The second-order valence-corrected chi connectivity index (χ2v) is 5.70. The van der Waals surface area contributed by atoms with Gasteiger partial charge in [-0.2, -0.15) is 8.42 Å². The molecule has 0 atom stereocenters. The molecule has 0 saturated carbocycles. The quantitative estimate of drug-likeness (QED) is 0.521. The highest BCUT2D eigenvalue weighted by Gasteiger charge is 2.16. The molecule has 1 aromatic heterocycles. The Morgan fingerprint density at radius 1 is 1.20 bits per heavy atom. The predicted molar refractivity (Wildman–Crippen MR) is 73.4 cm³/mol. The third-order valence-corrected chi connectivity index (χ3v) is 3.69. The van der Waals surface area contributed by atoms with Crippen molar-refractivity contribution in [2.24, 2.45) is 10.9 Å². The number of oxime groups is 1. The number of aromatic amines is 1. The first-order valence-electron chi connectivity index (χ1n) is 5.49. The number of nitrogens with two attached hydrogens (primary N) is 1. The second-order valence-electron chi connectivity index (χ2n) is 3.74. The smallest absolute Gasteiger partial charge is 0.358 e. The zero-order valence-corrected chi connectivity index (χ0v) is 11.7. The topological polar surface area (TPSA) is 95.9 Å². The minimum absolute atomic E-state index is 0.0597. The van der Waals surface area contributed by atoms with E-state index in [-0.39, 0.29) is 10.7 Å². The van der Waals surface area contributed by atoms with Gasteiger partial charge in [0.1, 0.15) is 4.90 Å². The Balaban J connectivity index is 2.19. The fraction of sp³-hybridized carbons (Fsp3) is 0. The van der Waals surface area contributed by atoms with Crippen molar-refractivity contribution in [3.05, 3.63) is 59.4 Å². The number of benzene rings is 1. The van der Waals surface area contributed by atoms with E-state index in [2.05, 4.69) is 14.4 Å². The molecule has 0 bridgehead atoms. The average Bonchev–Trinajstić information content (AvgIpc) is 2.46. The lowest BCUT2D eigenvalue weighted by atomic mass is 10.3. The van der Waals surface area contributed by atoms with Gasteiger partial charge in [0.25, 0.3) is 0 Å². The molecule has 2 rings (SSSR count). The molecule has 0 saturated heterocycles. The molecule has 0 fully saturated rings. The van der Waals surface area contributed by atoms with E-state index in [9.17, 15) is 8.42 Å². The molecule has 104 valence electrons. The number of hydrogen-bond acceptors (Lipinski definition) is 4. The van der Waals surface area contributed by atoms with E-state index in [4.69, 9.17) is 17.3 Å². The highest BCUT2D eigenvalue weighted by Crippen LogP contribution is 2.16. The first kappa shape index (κ1) is 14.3. The minimum Gasteiger partial charge on any atom is -0.375 e. The largest absolute Gasteiger partial charge is 0.375 e. The van der Waals surface area contributed by atoms with Crippen molar-refractivity contribution in [2.45, 2.75) is 4.90 Å². The monoisotopic (exact) mass is 312 g/mol. The molecule has 0 aliphatic heterocycles. The van der Waals surface area contributed by atoms with Gasteiger partial charge in [-0.15, -0.1) is 0 Å². The summed E-state index contributed by atoms with van der Waals surface area (Å²) in [6, 6.07) is 10.6. The number of aromatic nitrogens is 1. The van der Waals surface area contributed by atoms with Crippen molar-refractivity contribution in [1.29, 1.82) is 0 Å². The molecule has 2 aromatic rings. The van der Waals surface area contributed by atoms with Crippen molar-refractivity contribution in [3.63, 3.8) is 0 Å².